The van der Waals surface area contributed by atoms with Gasteiger partial charge in [-0.2, -0.15) is 0 Å². The van der Waals surface area contributed by atoms with Gasteiger partial charge in [0, 0.05) is 29.0 Å². The van der Waals surface area contributed by atoms with Crippen LogP contribution < -0.4 is 10.6 Å². The van der Waals surface area contributed by atoms with Crippen molar-refractivity contribution >= 4 is 28.3 Å². The van der Waals surface area contributed by atoms with Crippen LogP contribution in [-0.2, 0) is 10.3 Å². The van der Waals surface area contributed by atoms with Crippen LogP contribution in [0.5, 0.6) is 0 Å². The molecule has 0 radical (unpaired) electrons. The fraction of sp³-hybridized carbons (Fsp3) is 0.641. The van der Waals surface area contributed by atoms with Crippen LogP contribution in [0.4, 0.5) is 5.13 Å². The summed E-state index contributed by atoms with van der Waals surface area (Å²) in [5, 5.41) is 7.64. The lowest BCUT2D eigenvalue weighted by Crippen LogP contribution is -2.32. The maximum absolute atomic E-state index is 12.2. The number of aryl methyl sites for hydroxylation is 1. The van der Waals surface area contributed by atoms with Crippen LogP contribution in [0.25, 0.3) is 11.4 Å². The predicted octanol–water partition coefficient (Wildman–Crippen LogP) is 11.2. The summed E-state index contributed by atoms with van der Waals surface area (Å²) in [5.74, 6) is 2.23. The first-order chi connectivity index (χ1) is 22.4. The number of amides is 2. The van der Waals surface area contributed by atoms with Gasteiger partial charge in [-0.15, -0.1) is 11.3 Å². The van der Waals surface area contributed by atoms with E-state index >= 15 is 0 Å². The Morgan fingerprint density at radius 2 is 1.55 bits per heavy atom. The summed E-state index contributed by atoms with van der Waals surface area (Å²) in [6.45, 7) is 27.7. The largest absolute Gasteiger partial charge is 0.348 e. The van der Waals surface area contributed by atoms with Crippen LogP contribution in [0.15, 0.2) is 42.0 Å². The maximum Gasteiger partial charge on any atom is 0.253 e. The van der Waals surface area contributed by atoms with Gasteiger partial charge in [-0.1, -0.05) is 107 Å². The van der Waals surface area contributed by atoms with E-state index in [1.54, 1.807) is 12.3 Å². The molecule has 0 aliphatic carbocycles. The molecule has 7 nitrogen and oxygen atoms in total. The molecular weight excluding hydrogens is 603 g/mol. The minimum Gasteiger partial charge on any atom is -0.348 e. The van der Waals surface area contributed by atoms with Crippen molar-refractivity contribution in [1.29, 1.82) is 0 Å². The van der Waals surface area contributed by atoms with Crippen molar-refractivity contribution in [2.75, 3.05) is 11.9 Å². The third-order valence-corrected chi connectivity index (χ3v) is 8.81. The van der Waals surface area contributed by atoms with E-state index in [-0.39, 0.29) is 23.9 Å². The van der Waals surface area contributed by atoms with Crippen LogP contribution in [0, 0.1) is 24.7 Å². The van der Waals surface area contributed by atoms with E-state index in [4.69, 9.17) is 0 Å². The van der Waals surface area contributed by atoms with E-state index in [9.17, 15) is 9.59 Å². The van der Waals surface area contributed by atoms with Crippen LogP contribution in [0.1, 0.15) is 144 Å². The number of nitrogens with one attached hydrogen (secondary N) is 2. The molecule has 47 heavy (non-hydrogen) atoms. The summed E-state index contributed by atoms with van der Waals surface area (Å²) in [4.78, 5) is 33.2. The lowest BCUT2D eigenvalue weighted by Gasteiger charge is -2.20. The molecule has 2 amide bonds. The standard InChI is InChI=1S/C20H23N5O2S.C15H32.2C2H6/c1-13-6-5-7-15(22-13)16-12-28-19(23-16)24-17(26)10-21-18(27)14-8-9-25(11-14)20(2,3)4;1-6-13(4)10-9-11-15(8-3)12-14(5)7-2;2*1-2/h5-9,11-12H,10H2,1-4H3,(H,21,27)(H,23,24,26);13-15H,6-12H2,1-5H3;2*1-2H3. The summed E-state index contributed by atoms with van der Waals surface area (Å²) >= 11 is 1.32. The quantitative estimate of drug-likeness (QED) is 0.179. The van der Waals surface area contributed by atoms with Gasteiger partial charge in [0.15, 0.2) is 5.13 Å². The zero-order chi connectivity index (χ0) is 36.0. The smallest absolute Gasteiger partial charge is 0.253 e. The highest BCUT2D eigenvalue weighted by atomic mass is 32.1. The normalized spacial score (nSPS) is 12.5. The van der Waals surface area contributed by atoms with Crippen LogP contribution >= 0.6 is 11.3 Å². The Morgan fingerprint density at radius 3 is 2.11 bits per heavy atom. The minimum atomic E-state index is -0.332. The van der Waals surface area contributed by atoms with Crippen molar-refractivity contribution in [1.82, 2.24) is 19.9 Å². The maximum atomic E-state index is 12.2. The summed E-state index contributed by atoms with van der Waals surface area (Å²) in [6, 6.07) is 7.44. The molecule has 3 aromatic heterocycles. The van der Waals surface area contributed by atoms with Crippen molar-refractivity contribution in [3.63, 3.8) is 0 Å². The highest BCUT2D eigenvalue weighted by molar-refractivity contribution is 7.14. The number of rotatable bonds is 14. The zero-order valence-corrected chi connectivity index (χ0v) is 32.8. The fourth-order valence-corrected chi connectivity index (χ4v) is 5.41. The average Bonchev–Trinajstić information content (AvgIpc) is 3.76. The number of carbonyl (C=O) groups is 2. The number of pyridine rings is 1. The zero-order valence-electron chi connectivity index (χ0n) is 32.0. The lowest BCUT2D eigenvalue weighted by atomic mass is 9.87. The molecule has 2 N–H and O–H groups in total. The number of carbonyl (C=O) groups excluding carboxylic acids is 2. The average molecular weight is 670 g/mol. The molecule has 266 valence electrons. The first-order valence-electron chi connectivity index (χ1n) is 18.0. The Morgan fingerprint density at radius 1 is 0.894 bits per heavy atom. The monoisotopic (exact) mass is 670 g/mol. The van der Waals surface area contributed by atoms with Crippen LogP contribution in [0.3, 0.4) is 0 Å². The molecule has 0 saturated carbocycles. The van der Waals surface area contributed by atoms with Crippen molar-refractivity contribution in [2.45, 2.75) is 140 Å². The minimum absolute atomic E-state index is 0.107. The van der Waals surface area contributed by atoms with Gasteiger partial charge >= 0.3 is 0 Å². The van der Waals surface area contributed by atoms with Gasteiger partial charge in [0.05, 0.1) is 17.8 Å². The molecule has 0 aliphatic heterocycles. The first kappa shape index (κ1) is 44.0. The van der Waals surface area contributed by atoms with Crippen LogP contribution in [0.2, 0.25) is 0 Å². The topological polar surface area (TPSA) is 88.9 Å². The Kier molecular flexibility index (Phi) is 22.6. The molecule has 0 spiro atoms. The molecule has 0 aliphatic rings. The van der Waals surface area contributed by atoms with Crippen molar-refractivity contribution in [3.8, 4) is 11.4 Å². The third kappa shape index (κ3) is 17.6. The number of hydrogen-bond acceptors (Lipinski definition) is 5. The van der Waals surface area contributed by atoms with Crippen molar-refractivity contribution in [2.24, 2.45) is 17.8 Å². The molecular formula is C39H67N5O2S. The van der Waals surface area contributed by atoms with E-state index in [1.807, 2.05) is 69.0 Å². The van der Waals surface area contributed by atoms with Crippen molar-refractivity contribution in [3.05, 3.63) is 53.3 Å². The second-order valence-corrected chi connectivity index (χ2v) is 13.7. The number of hydrogen-bond donors (Lipinski definition) is 2. The van der Waals surface area contributed by atoms with Gasteiger partial charge in [0.25, 0.3) is 5.91 Å². The number of nitrogens with zero attached hydrogens (tertiary/aromatic N) is 3. The third-order valence-electron chi connectivity index (χ3n) is 8.06. The highest BCUT2D eigenvalue weighted by Crippen LogP contribution is 2.25. The molecule has 3 heterocycles. The second kappa shape index (κ2) is 24.2. The Balaban J connectivity index is 0.000000948. The highest BCUT2D eigenvalue weighted by Gasteiger charge is 2.16. The van der Waals surface area contributed by atoms with E-state index in [1.165, 1.54) is 56.3 Å². The van der Waals surface area contributed by atoms with Gasteiger partial charge < -0.3 is 15.2 Å². The number of thiazole rings is 1. The second-order valence-electron chi connectivity index (χ2n) is 12.9. The van der Waals surface area contributed by atoms with Gasteiger partial charge in [-0.05, 0) is 70.1 Å². The first-order valence-corrected chi connectivity index (χ1v) is 18.9. The molecule has 3 rings (SSSR count). The van der Waals surface area contributed by atoms with E-state index in [0.717, 1.165) is 29.1 Å². The fourth-order valence-electron chi connectivity index (χ4n) is 4.69. The van der Waals surface area contributed by atoms with E-state index < -0.39 is 0 Å². The van der Waals surface area contributed by atoms with E-state index in [0.29, 0.717) is 16.4 Å². The summed E-state index contributed by atoms with van der Waals surface area (Å²) in [7, 11) is 0. The molecule has 3 aromatic rings. The van der Waals surface area contributed by atoms with Crippen LogP contribution in [-0.4, -0.2) is 32.9 Å². The lowest BCUT2D eigenvalue weighted by molar-refractivity contribution is -0.115. The number of anilines is 1. The Bertz CT molecular complexity index is 1260. The molecule has 3 atom stereocenters. The number of aromatic nitrogens is 3. The summed E-state index contributed by atoms with van der Waals surface area (Å²) in [5.41, 5.74) is 2.78. The Hall–Kier alpha value is -3.00. The van der Waals surface area contributed by atoms with Gasteiger partial charge in [0.2, 0.25) is 5.91 Å². The molecule has 3 unspecified atom stereocenters. The molecule has 0 saturated heterocycles. The summed E-state index contributed by atoms with van der Waals surface area (Å²) < 4.78 is 1.96. The SMILES string of the molecule is CC.CC.CCC(C)CCCC(CC)CC(C)CC.Cc1cccc(-c2csc(NC(=O)CNC(=O)c3ccn(C(C)(C)C)c3)n2)n1. The Labute approximate surface area is 291 Å². The van der Waals surface area contributed by atoms with Gasteiger partial charge in [0.1, 0.15) is 5.69 Å². The van der Waals surface area contributed by atoms with Gasteiger partial charge in [-0.3, -0.25) is 14.6 Å². The molecule has 0 bridgehead atoms. The molecule has 0 fully saturated rings. The van der Waals surface area contributed by atoms with E-state index in [2.05, 4.69) is 76.0 Å². The van der Waals surface area contributed by atoms with Gasteiger partial charge in [-0.25, -0.2) is 4.98 Å². The molecule has 0 aromatic carbocycles. The summed E-state index contributed by atoms with van der Waals surface area (Å²) in [6.07, 6.45) is 13.5. The molecule has 8 heteroatoms. The van der Waals surface area contributed by atoms with Crippen molar-refractivity contribution < 1.29 is 9.59 Å². The predicted molar refractivity (Wildman–Crippen MR) is 204 cm³/mol.